The van der Waals surface area contributed by atoms with Crippen LogP contribution in [-0.2, 0) is 19.9 Å². The fraction of sp³-hybridized carbons (Fsp3) is 0.500. The lowest BCUT2D eigenvalue weighted by atomic mass is 9.82. The van der Waals surface area contributed by atoms with Gasteiger partial charge < -0.3 is 29.1 Å². The molecule has 5 rings (SSSR count). The molecule has 5 atom stereocenters. The van der Waals surface area contributed by atoms with Crippen molar-refractivity contribution in [3.05, 3.63) is 60.7 Å². The molecule has 0 unspecified atom stereocenters. The highest BCUT2D eigenvalue weighted by Crippen LogP contribution is 2.60. The van der Waals surface area contributed by atoms with Gasteiger partial charge in [0.1, 0.15) is 11.5 Å². The molecule has 1 spiro atoms. The van der Waals surface area contributed by atoms with Gasteiger partial charge in [-0.15, -0.1) is 6.58 Å². The molecule has 1 N–H and O–H groups in total. The van der Waals surface area contributed by atoms with Crippen molar-refractivity contribution >= 4 is 30.8 Å². The third-order valence-electron chi connectivity index (χ3n) is 9.64. The Kier molecular flexibility index (Phi) is 8.07. The van der Waals surface area contributed by atoms with Gasteiger partial charge in [0.15, 0.2) is 5.60 Å². The standard InChI is InChI=1S/C32H42N2O6Si/c1-7-16-34-27-15-12-24(39-4)18-26(27)32(31(34)37)21(2)30(41(5,6)25-13-10-23(38-3)11-14-25)28(40-32)19-29(36)33-17-8-9-22(33)20-35/h7,10-15,18,21-22,28,30,35H,1,8-9,16-17,19-20H2,2-6H3/t21-,22-,28+,30-,32+/m0/s1. The molecule has 0 aromatic heterocycles. The number of anilines is 1. The van der Waals surface area contributed by atoms with Crippen LogP contribution >= 0.6 is 0 Å². The molecule has 41 heavy (non-hydrogen) atoms. The topological polar surface area (TPSA) is 88.5 Å². The van der Waals surface area contributed by atoms with E-state index in [-0.39, 0.29) is 42.3 Å². The first-order valence-electron chi connectivity index (χ1n) is 14.5. The van der Waals surface area contributed by atoms with E-state index in [1.54, 1.807) is 30.1 Å². The molecule has 2 amide bonds. The van der Waals surface area contributed by atoms with E-state index in [1.165, 1.54) is 5.19 Å². The molecule has 2 saturated heterocycles. The van der Waals surface area contributed by atoms with Crippen molar-refractivity contribution in [3.8, 4) is 11.5 Å². The number of aliphatic hydroxyl groups is 1. The van der Waals surface area contributed by atoms with Crippen molar-refractivity contribution in [2.75, 3.05) is 38.8 Å². The number of aliphatic hydroxyl groups excluding tert-OH is 1. The quantitative estimate of drug-likeness (QED) is 0.360. The summed E-state index contributed by atoms with van der Waals surface area (Å²) in [7, 11) is 0.898. The largest absolute Gasteiger partial charge is 0.497 e. The van der Waals surface area contributed by atoms with Crippen LogP contribution in [0.2, 0.25) is 18.6 Å². The van der Waals surface area contributed by atoms with Gasteiger partial charge in [-0.1, -0.05) is 43.4 Å². The number of amides is 2. The maximum Gasteiger partial charge on any atom is 0.264 e. The van der Waals surface area contributed by atoms with E-state index in [1.807, 2.05) is 30.3 Å². The highest BCUT2D eigenvalue weighted by atomic mass is 28.3. The second kappa shape index (κ2) is 11.3. The van der Waals surface area contributed by atoms with Crippen LogP contribution in [0.5, 0.6) is 11.5 Å². The van der Waals surface area contributed by atoms with E-state index in [4.69, 9.17) is 14.2 Å². The van der Waals surface area contributed by atoms with Gasteiger partial charge in [-0.05, 0) is 48.7 Å². The molecule has 0 bridgehead atoms. The first-order valence-corrected chi connectivity index (χ1v) is 17.6. The van der Waals surface area contributed by atoms with E-state index in [2.05, 4.69) is 38.7 Å². The van der Waals surface area contributed by atoms with E-state index in [9.17, 15) is 14.7 Å². The molecule has 0 aliphatic carbocycles. The minimum absolute atomic E-state index is 0.0282. The van der Waals surface area contributed by atoms with Crippen molar-refractivity contribution in [3.63, 3.8) is 0 Å². The lowest BCUT2D eigenvalue weighted by Crippen LogP contribution is -2.52. The molecule has 0 saturated carbocycles. The van der Waals surface area contributed by atoms with Gasteiger partial charge in [-0.3, -0.25) is 9.59 Å². The van der Waals surface area contributed by atoms with Crippen molar-refractivity contribution in [1.29, 1.82) is 0 Å². The summed E-state index contributed by atoms with van der Waals surface area (Å²) in [4.78, 5) is 31.8. The van der Waals surface area contributed by atoms with Gasteiger partial charge in [0, 0.05) is 24.6 Å². The Bertz CT molecular complexity index is 1310. The molecule has 0 radical (unpaired) electrons. The Labute approximate surface area is 243 Å². The fourth-order valence-electron chi connectivity index (χ4n) is 7.57. The number of methoxy groups -OCH3 is 2. The van der Waals surface area contributed by atoms with Gasteiger partial charge in [0.25, 0.3) is 5.91 Å². The Hall–Kier alpha value is -3.14. The van der Waals surface area contributed by atoms with Gasteiger partial charge in [-0.2, -0.15) is 0 Å². The van der Waals surface area contributed by atoms with Crippen LogP contribution in [0.1, 0.15) is 31.7 Å². The van der Waals surface area contributed by atoms with Gasteiger partial charge in [0.2, 0.25) is 5.91 Å². The van der Waals surface area contributed by atoms with Gasteiger partial charge in [0.05, 0.1) is 53.2 Å². The van der Waals surface area contributed by atoms with E-state index >= 15 is 0 Å². The first kappa shape index (κ1) is 29.4. The second-order valence-corrected chi connectivity index (χ2v) is 16.7. The molecular formula is C32H42N2O6Si. The average Bonchev–Trinajstić information content (AvgIpc) is 3.64. The Morgan fingerprint density at radius 1 is 1.17 bits per heavy atom. The lowest BCUT2D eigenvalue weighted by molar-refractivity contribution is -0.149. The van der Waals surface area contributed by atoms with Crippen molar-refractivity contribution in [2.45, 2.75) is 62.6 Å². The smallest absolute Gasteiger partial charge is 0.264 e. The first-order chi connectivity index (χ1) is 19.6. The number of hydrogen-bond donors (Lipinski definition) is 1. The number of likely N-dealkylation sites (tertiary alicyclic amines) is 1. The zero-order valence-electron chi connectivity index (χ0n) is 24.8. The average molecular weight is 579 g/mol. The highest BCUT2D eigenvalue weighted by Gasteiger charge is 2.66. The van der Waals surface area contributed by atoms with Gasteiger partial charge in [-0.25, -0.2) is 0 Å². The summed E-state index contributed by atoms with van der Waals surface area (Å²) in [5, 5.41) is 11.1. The van der Waals surface area contributed by atoms with Crippen LogP contribution in [0.3, 0.4) is 0 Å². The third kappa shape index (κ3) is 4.68. The highest BCUT2D eigenvalue weighted by molar-refractivity contribution is 6.91. The number of carbonyl (C=O) groups excluding carboxylic acids is 2. The van der Waals surface area contributed by atoms with E-state index in [0.717, 1.165) is 29.8 Å². The summed E-state index contributed by atoms with van der Waals surface area (Å²) in [6, 6.07) is 13.7. The number of ether oxygens (including phenoxy) is 3. The minimum Gasteiger partial charge on any atom is -0.497 e. The normalized spacial score (nSPS) is 27.4. The van der Waals surface area contributed by atoms with Crippen molar-refractivity contribution in [1.82, 2.24) is 4.90 Å². The van der Waals surface area contributed by atoms with Crippen molar-refractivity contribution in [2.24, 2.45) is 5.92 Å². The number of carbonyl (C=O) groups is 2. The molecule has 220 valence electrons. The molecule has 8 nitrogen and oxygen atoms in total. The molecule has 3 aliphatic rings. The number of nitrogens with zero attached hydrogens (tertiary/aromatic N) is 2. The SMILES string of the molecule is C=CCN1C(=O)[C@]2(O[C@H](CC(=O)N3CCC[C@H]3CO)[C@@H]([Si](C)(C)c3ccc(OC)cc3)[C@@H]2C)c2cc(OC)ccc21. The number of hydrogen-bond acceptors (Lipinski definition) is 6. The lowest BCUT2D eigenvalue weighted by Gasteiger charge is -2.37. The summed E-state index contributed by atoms with van der Waals surface area (Å²) in [5.41, 5.74) is 0.268. The number of benzene rings is 2. The summed E-state index contributed by atoms with van der Waals surface area (Å²) >= 11 is 0. The van der Waals surface area contributed by atoms with Crippen LogP contribution in [-0.4, -0.2) is 76.0 Å². The molecule has 3 heterocycles. The molecule has 2 aromatic carbocycles. The van der Waals surface area contributed by atoms with Crippen LogP contribution in [0.25, 0.3) is 0 Å². The summed E-state index contributed by atoms with van der Waals surface area (Å²) in [6.07, 6.45) is 3.08. The van der Waals surface area contributed by atoms with E-state index in [0.29, 0.717) is 18.8 Å². The molecule has 3 aliphatic heterocycles. The Morgan fingerprint density at radius 3 is 2.49 bits per heavy atom. The third-order valence-corrected chi connectivity index (χ3v) is 14.0. The Morgan fingerprint density at radius 2 is 1.85 bits per heavy atom. The maximum atomic E-state index is 14.4. The zero-order chi connectivity index (χ0) is 29.5. The fourth-order valence-corrected chi connectivity index (χ4v) is 11.6. The van der Waals surface area contributed by atoms with Crippen molar-refractivity contribution < 1.29 is 28.9 Å². The predicted molar refractivity (Wildman–Crippen MR) is 162 cm³/mol. The van der Waals surface area contributed by atoms with Crippen LogP contribution in [0.15, 0.2) is 55.1 Å². The Balaban J connectivity index is 1.62. The molecular weight excluding hydrogens is 536 g/mol. The summed E-state index contributed by atoms with van der Waals surface area (Å²) in [6.45, 7) is 11.5. The van der Waals surface area contributed by atoms with Crippen LogP contribution in [0.4, 0.5) is 5.69 Å². The summed E-state index contributed by atoms with van der Waals surface area (Å²) < 4.78 is 18.0. The monoisotopic (exact) mass is 578 g/mol. The molecule has 2 aromatic rings. The molecule has 9 heteroatoms. The zero-order valence-corrected chi connectivity index (χ0v) is 25.8. The predicted octanol–water partition coefficient (Wildman–Crippen LogP) is 3.83. The van der Waals surface area contributed by atoms with Crippen LogP contribution < -0.4 is 19.6 Å². The number of fused-ring (bicyclic) bond motifs is 2. The number of rotatable bonds is 9. The maximum absolute atomic E-state index is 14.4. The van der Waals surface area contributed by atoms with E-state index < -0.39 is 19.8 Å². The van der Waals surface area contributed by atoms with Crippen LogP contribution in [0, 0.1) is 5.92 Å². The second-order valence-electron chi connectivity index (χ2n) is 12.0. The molecule has 2 fully saturated rings. The minimum atomic E-state index is -2.37. The van der Waals surface area contributed by atoms with Gasteiger partial charge >= 0.3 is 0 Å². The summed E-state index contributed by atoms with van der Waals surface area (Å²) in [5.74, 6) is 1.07.